The van der Waals surface area contributed by atoms with Gasteiger partial charge in [-0.25, -0.2) is 0 Å². The summed E-state index contributed by atoms with van der Waals surface area (Å²) in [6, 6.07) is 14.5. The predicted octanol–water partition coefficient (Wildman–Crippen LogP) is 3.72. The topological polar surface area (TPSA) is 30.5 Å². The highest BCUT2D eigenvalue weighted by Gasteiger charge is 2.04. The second-order valence-electron chi connectivity index (χ2n) is 4.78. The van der Waals surface area contributed by atoms with Crippen molar-refractivity contribution in [3.05, 3.63) is 59.2 Å². The summed E-state index contributed by atoms with van der Waals surface area (Å²) in [5.41, 5.74) is 3.75. The van der Waals surface area contributed by atoms with Gasteiger partial charge in [0, 0.05) is 13.1 Å². The Hall–Kier alpha value is -1.71. The largest absolute Gasteiger partial charge is 0.493 e. The Labute approximate surface area is 132 Å². The molecule has 4 heteroatoms. The van der Waals surface area contributed by atoms with Gasteiger partial charge in [0.05, 0.1) is 14.2 Å². The van der Waals surface area contributed by atoms with E-state index in [0.717, 1.165) is 24.6 Å². The van der Waals surface area contributed by atoms with Crippen LogP contribution in [-0.4, -0.2) is 14.2 Å². The summed E-state index contributed by atoms with van der Waals surface area (Å²) in [6.07, 6.45) is 0. The van der Waals surface area contributed by atoms with Gasteiger partial charge in [-0.3, -0.25) is 0 Å². The highest BCUT2D eigenvalue weighted by atomic mass is 35.5. The fraction of sp³-hybridized carbons (Fsp3) is 0.294. The standard InChI is InChI=1S/C17H21NO2.ClH/c1-13-4-6-14(7-5-13)11-18-12-15-8-9-16(19-2)17(10-15)20-3;/h4-10,18H,11-12H2,1-3H3;1H. The third-order valence-electron chi connectivity index (χ3n) is 3.23. The van der Waals surface area contributed by atoms with Crippen LogP contribution in [0.15, 0.2) is 42.5 Å². The molecule has 3 nitrogen and oxygen atoms in total. The maximum Gasteiger partial charge on any atom is 0.161 e. The normalized spacial score (nSPS) is 9.86. The lowest BCUT2D eigenvalue weighted by atomic mass is 10.1. The van der Waals surface area contributed by atoms with Crippen molar-refractivity contribution in [2.24, 2.45) is 0 Å². The van der Waals surface area contributed by atoms with Gasteiger partial charge in [-0.05, 0) is 30.2 Å². The van der Waals surface area contributed by atoms with E-state index < -0.39 is 0 Å². The summed E-state index contributed by atoms with van der Waals surface area (Å²) >= 11 is 0. The van der Waals surface area contributed by atoms with Crippen LogP contribution in [0.25, 0.3) is 0 Å². The van der Waals surface area contributed by atoms with Crippen molar-refractivity contribution in [3.63, 3.8) is 0 Å². The molecule has 0 saturated carbocycles. The monoisotopic (exact) mass is 307 g/mol. The van der Waals surface area contributed by atoms with Gasteiger partial charge in [-0.2, -0.15) is 0 Å². The lowest BCUT2D eigenvalue weighted by Gasteiger charge is -2.10. The molecule has 2 aromatic carbocycles. The Morgan fingerprint density at radius 2 is 1.38 bits per heavy atom. The van der Waals surface area contributed by atoms with Crippen molar-refractivity contribution < 1.29 is 9.47 Å². The number of rotatable bonds is 6. The third-order valence-corrected chi connectivity index (χ3v) is 3.23. The molecule has 0 aliphatic heterocycles. The summed E-state index contributed by atoms with van der Waals surface area (Å²) in [7, 11) is 3.30. The molecule has 0 aliphatic carbocycles. The van der Waals surface area contributed by atoms with Crippen molar-refractivity contribution in [1.82, 2.24) is 5.32 Å². The highest BCUT2D eigenvalue weighted by Crippen LogP contribution is 2.27. The first-order chi connectivity index (χ1) is 9.72. The third kappa shape index (κ3) is 4.96. The van der Waals surface area contributed by atoms with Crippen molar-refractivity contribution in [2.75, 3.05) is 14.2 Å². The second-order valence-corrected chi connectivity index (χ2v) is 4.78. The number of nitrogens with one attached hydrogen (secondary N) is 1. The smallest absolute Gasteiger partial charge is 0.161 e. The van der Waals surface area contributed by atoms with Crippen LogP contribution in [0.2, 0.25) is 0 Å². The number of hydrogen-bond donors (Lipinski definition) is 1. The quantitative estimate of drug-likeness (QED) is 0.882. The number of halogens is 1. The van der Waals surface area contributed by atoms with Crippen LogP contribution < -0.4 is 14.8 Å². The van der Waals surface area contributed by atoms with Gasteiger partial charge in [0.1, 0.15) is 0 Å². The predicted molar refractivity (Wildman–Crippen MR) is 88.5 cm³/mol. The van der Waals surface area contributed by atoms with Gasteiger partial charge >= 0.3 is 0 Å². The number of methoxy groups -OCH3 is 2. The van der Waals surface area contributed by atoms with E-state index in [1.54, 1.807) is 14.2 Å². The average Bonchev–Trinajstić information content (AvgIpc) is 2.49. The molecule has 2 rings (SSSR count). The molecular formula is C17H22ClNO2. The van der Waals surface area contributed by atoms with Crippen LogP contribution in [0.5, 0.6) is 11.5 Å². The fourth-order valence-electron chi connectivity index (χ4n) is 2.05. The van der Waals surface area contributed by atoms with Crippen molar-refractivity contribution in [2.45, 2.75) is 20.0 Å². The van der Waals surface area contributed by atoms with Gasteiger partial charge in [0.2, 0.25) is 0 Å². The molecule has 0 fully saturated rings. The maximum atomic E-state index is 5.30. The molecule has 0 unspecified atom stereocenters. The van der Waals surface area contributed by atoms with Gasteiger partial charge in [-0.15, -0.1) is 12.4 Å². The number of ether oxygens (including phenoxy) is 2. The minimum atomic E-state index is 0. The average molecular weight is 308 g/mol. The van der Waals surface area contributed by atoms with Crippen LogP contribution in [0.3, 0.4) is 0 Å². The molecule has 0 spiro atoms. The van der Waals surface area contributed by atoms with Gasteiger partial charge in [-0.1, -0.05) is 35.9 Å². The number of benzene rings is 2. The molecule has 0 saturated heterocycles. The molecule has 0 aromatic heterocycles. The van der Waals surface area contributed by atoms with Gasteiger partial charge in [0.25, 0.3) is 0 Å². The van der Waals surface area contributed by atoms with E-state index in [4.69, 9.17) is 9.47 Å². The Kier molecular flexibility index (Phi) is 7.06. The molecule has 114 valence electrons. The zero-order valence-corrected chi connectivity index (χ0v) is 13.5. The van der Waals surface area contributed by atoms with E-state index in [-0.39, 0.29) is 12.4 Å². The first-order valence-corrected chi connectivity index (χ1v) is 6.70. The zero-order valence-electron chi connectivity index (χ0n) is 12.7. The van der Waals surface area contributed by atoms with E-state index in [2.05, 4.69) is 36.5 Å². The summed E-state index contributed by atoms with van der Waals surface area (Å²) in [5, 5.41) is 3.43. The number of hydrogen-bond acceptors (Lipinski definition) is 3. The summed E-state index contributed by atoms with van der Waals surface area (Å²) in [6.45, 7) is 3.75. The molecule has 0 amide bonds. The first kappa shape index (κ1) is 17.3. The Balaban J connectivity index is 0.00000220. The summed E-state index contributed by atoms with van der Waals surface area (Å²) in [5.74, 6) is 1.52. The molecule has 1 N–H and O–H groups in total. The van der Waals surface area contributed by atoms with E-state index in [0.29, 0.717) is 0 Å². The lowest BCUT2D eigenvalue weighted by molar-refractivity contribution is 0.354. The van der Waals surface area contributed by atoms with Crippen molar-refractivity contribution in [3.8, 4) is 11.5 Å². The minimum Gasteiger partial charge on any atom is -0.493 e. The van der Waals surface area contributed by atoms with Crippen molar-refractivity contribution >= 4 is 12.4 Å². The van der Waals surface area contributed by atoms with Crippen LogP contribution >= 0.6 is 12.4 Å². The van der Waals surface area contributed by atoms with E-state index >= 15 is 0 Å². The Morgan fingerprint density at radius 1 is 0.810 bits per heavy atom. The van der Waals surface area contributed by atoms with Crippen LogP contribution in [-0.2, 0) is 13.1 Å². The molecule has 0 bridgehead atoms. The molecule has 0 aliphatic rings. The fourth-order valence-corrected chi connectivity index (χ4v) is 2.05. The summed E-state index contributed by atoms with van der Waals surface area (Å²) < 4.78 is 10.5. The summed E-state index contributed by atoms with van der Waals surface area (Å²) in [4.78, 5) is 0. The Morgan fingerprint density at radius 3 is 2.00 bits per heavy atom. The van der Waals surface area contributed by atoms with Gasteiger partial charge in [0.15, 0.2) is 11.5 Å². The second kappa shape index (κ2) is 8.55. The van der Waals surface area contributed by atoms with Crippen molar-refractivity contribution in [1.29, 1.82) is 0 Å². The zero-order chi connectivity index (χ0) is 14.4. The maximum absolute atomic E-state index is 5.30. The highest BCUT2D eigenvalue weighted by molar-refractivity contribution is 5.85. The van der Waals surface area contributed by atoms with Crippen LogP contribution in [0.1, 0.15) is 16.7 Å². The van der Waals surface area contributed by atoms with Crippen LogP contribution in [0, 0.1) is 6.92 Å². The Bertz CT molecular complexity index is 555. The van der Waals surface area contributed by atoms with E-state index in [1.807, 2.05) is 18.2 Å². The minimum absolute atomic E-state index is 0. The van der Waals surface area contributed by atoms with E-state index in [1.165, 1.54) is 16.7 Å². The molecule has 0 heterocycles. The lowest BCUT2D eigenvalue weighted by Crippen LogP contribution is -2.12. The van der Waals surface area contributed by atoms with E-state index in [9.17, 15) is 0 Å². The van der Waals surface area contributed by atoms with Crippen LogP contribution in [0.4, 0.5) is 0 Å². The molecule has 0 radical (unpaired) electrons. The first-order valence-electron chi connectivity index (χ1n) is 6.70. The molecular weight excluding hydrogens is 286 g/mol. The number of aryl methyl sites for hydroxylation is 1. The molecule has 0 atom stereocenters. The SMILES string of the molecule is COc1ccc(CNCc2ccc(C)cc2)cc1OC.Cl. The molecule has 21 heavy (non-hydrogen) atoms. The van der Waals surface area contributed by atoms with Gasteiger partial charge < -0.3 is 14.8 Å². The molecule has 2 aromatic rings.